The maximum Gasteiger partial charge on any atom is 0.305 e. The minimum atomic E-state index is -0.399. The lowest BCUT2D eigenvalue weighted by atomic mass is 10.2. The van der Waals surface area contributed by atoms with Crippen molar-refractivity contribution in [3.8, 4) is 0 Å². The monoisotopic (exact) mass is 332 g/mol. The Bertz CT molecular complexity index is 341. The Balaban J connectivity index is 3.32. The lowest BCUT2D eigenvalue weighted by molar-refractivity contribution is -0.151. The van der Waals surface area contributed by atoms with E-state index in [0.29, 0.717) is 38.7 Å². The van der Waals surface area contributed by atoms with Gasteiger partial charge in [-0.05, 0) is 32.1 Å². The van der Waals surface area contributed by atoms with Crippen molar-refractivity contribution in [1.82, 2.24) is 0 Å². The number of aliphatic hydroxyl groups excluding tert-OH is 1. The third kappa shape index (κ3) is 16.6. The van der Waals surface area contributed by atoms with Crippen LogP contribution in [0.5, 0.6) is 0 Å². The Morgan fingerprint density at radius 3 is 1.78 bits per heavy atom. The van der Waals surface area contributed by atoms with Crippen LogP contribution in [0.25, 0.3) is 0 Å². The van der Waals surface area contributed by atoms with E-state index in [9.17, 15) is 14.4 Å². The first-order chi connectivity index (χ1) is 11.1. The van der Waals surface area contributed by atoms with Crippen LogP contribution in [0.1, 0.15) is 58.3 Å². The summed E-state index contributed by atoms with van der Waals surface area (Å²) in [6.07, 6.45) is 5.11. The molecule has 0 saturated heterocycles. The summed E-state index contributed by atoms with van der Waals surface area (Å²) in [6, 6.07) is 0. The summed E-state index contributed by atoms with van der Waals surface area (Å²) in [7, 11) is 0. The van der Waals surface area contributed by atoms with E-state index < -0.39 is 5.97 Å². The zero-order chi connectivity index (χ0) is 17.3. The van der Waals surface area contributed by atoms with Gasteiger partial charge >= 0.3 is 17.9 Å². The third-order valence-electron chi connectivity index (χ3n) is 2.98. The number of rotatable bonds is 14. The first-order valence-corrected chi connectivity index (χ1v) is 8.11. The molecule has 0 aromatic heterocycles. The molecule has 1 N–H and O–H groups in total. The van der Waals surface area contributed by atoms with E-state index in [-0.39, 0.29) is 31.8 Å². The number of hydrogen-bond acceptors (Lipinski definition) is 7. The van der Waals surface area contributed by atoms with Crippen LogP contribution in [0, 0.1) is 0 Å². The minimum absolute atomic E-state index is 0.0757. The molecule has 0 bridgehead atoms. The molecule has 0 radical (unpaired) electrons. The SMILES string of the molecule is CC(=O)OCCOC(=O)CCCCCOC(=O)CCCCCO. The predicted molar refractivity (Wildman–Crippen MR) is 82.6 cm³/mol. The van der Waals surface area contributed by atoms with Gasteiger partial charge in [0.05, 0.1) is 6.61 Å². The first-order valence-electron chi connectivity index (χ1n) is 8.11. The second-order valence-corrected chi connectivity index (χ2v) is 5.13. The highest BCUT2D eigenvalue weighted by Gasteiger charge is 2.05. The molecule has 23 heavy (non-hydrogen) atoms. The minimum Gasteiger partial charge on any atom is -0.466 e. The van der Waals surface area contributed by atoms with Gasteiger partial charge in [0.15, 0.2) is 0 Å². The van der Waals surface area contributed by atoms with Gasteiger partial charge in [-0.25, -0.2) is 0 Å². The molecule has 134 valence electrons. The number of esters is 3. The Hall–Kier alpha value is -1.63. The van der Waals surface area contributed by atoms with Crippen LogP contribution in [0.4, 0.5) is 0 Å². The molecule has 0 saturated carbocycles. The van der Waals surface area contributed by atoms with Gasteiger partial charge in [-0.2, -0.15) is 0 Å². The van der Waals surface area contributed by atoms with Crippen LogP contribution in [0.2, 0.25) is 0 Å². The van der Waals surface area contributed by atoms with Gasteiger partial charge in [-0.15, -0.1) is 0 Å². The molecule has 7 heteroatoms. The van der Waals surface area contributed by atoms with Gasteiger partial charge in [0.2, 0.25) is 0 Å². The van der Waals surface area contributed by atoms with Gasteiger partial charge < -0.3 is 19.3 Å². The molecule has 0 unspecified atom stereocenters. The van der Waals surface area contributed by atoms with Crippen molar-refractivity contribution in [2.45, 2.75) is 58.3 Å². The average Bonchev–Trinajstić information content (AvgIpc) is 2.51. The summed E-state index contributed by atoms with van der Waals surface area (Å²) in [4.78, 5) is 33.2. The molecular weight excluding hydrogens is 304 g/mol. The third-order valence-corrected chi connectivity index (χ3v) is 2.98. The Morgan fingerprint density at radius 2 is 1.22 bits per heavy atom. The summed E-state index contributed by atoms with van der Waals surface area (Å²) >= 11 is 0. The van der Waals surface area contributed by atoms with Crippen molar-refractivity contribution >= 4 is 17.9 Å². The number of hydrogen-bond donors (Lipinski definition) is 1. The highest BCUT2D eigenvalue weighted by Crippen LogP contribution is 2.04. The van der Waals surface area contributed by atoms with Gasteiger partial charge in [-0.3, -0.25) is 14.4 Å². The molecule has 0 amide bonds. The van der Waals surface area contributed by atoms with E-state index in [1.165, 1.54) is 6.92 Å². The van der Waals surface area contributed by atoms with E-state index in [4.69, 9.17) is 14.6 Å². The Morgan fingerprint density at radius 1 is 0.696 bits per heavy atom. The lowest BCUT2D eigenvalue weighted by Gasteiger charge is -2.06. The number of unbranched alkanes of at least 4 members (excludes halogenated alkanes) is 4. The first kappa shape index (κ1) is 21.4. The molecule has 0 aromatic carbocycles. The van der Waals surface area contributed by atoms with Gasteiger partial charge in [0, 0.05) is 26.4 Å². The van der Waals surface area contributed by atoms with E-state index in [1.54, 1.807) is 0 Å². The average molecular weight is 332 g/mol. The van der Waals surface area contributed by atoms with Crippen molar-refractivity contribution < 1.29 is 33.7 Å². The van der Waals surface area contributed by atoms with E-state index in [2.05, 4.69) is 4.74 Å². The fourth-order valence-corrected chi connectivity index (χ4v) is 1.78. The zero-order valence-corrected chi connectivity index (χ0v) is 13.9. The quantitative estimate of drug-likeness (QED) is 0.294. The van der Waals surface area contributed by atoms with E-state index in [0.717, 1.165) is 19.3 Å². The fraction of sp³-hybridized carbons (Fsp3) is 0.812. The highest BCUT2D eigenvalue weighted by molar-refractivity contribution is 5.69. The molecule has 0 heterocycles. The van der Waals surface area contributed by atoms with Crippen molar-refractivity contribution in [3.63, 3.8) is 0 Å². The Kier molecular flexibility index (Phi) is 14.2. The van der Waals surface area contributed by atoms with Gasteiger partial charge in [-0.1, -0.05) is 6.42 Å². The molecule has 7 nitrogen and oxygen atoms in total. The molecule has 0 spiro atoms. The van der Waals surface area contributed by atoms with Crippen LogP contribution >= 0.6 is 0 Å². The summed E-state index contributed by atoms with van der Waals surface area (Å²) in [6.45, 7) is 1.97. The number of ether oxygens (including phenoxy) is 3. The molecule has 0 aliphatic carbocycles. The molecular formula is C16H28O7. The summed E-state index contributed by atoms with van der Waals surface area (Å²) in [5.74, 6) is -0.935. The fourth-order valence-electron chi connectivity index (χ4n) is 1.78. The van der Waals surface area contributed by atoms with E-state index in [1.807, 2.05) is 0 Å². The van der Waals surface area contributed by atoms with Crippen LogP contribution in [-0.2, 0) is 28.6 Å². The standard InChI is InChI=1S/C16H28O7/c1-14(18)21-12-13-23-16(20)9-5-3-7-11-22-15(19)8-4-2-6-10-17/h17H,2-13H2,1H3. The second kappa shape index (κ2) is 15.3. The molecule has 0 aromatic rings. The van der Waals surface area contributed by atoms with Gasteiger partial charge in [0.25, 0.3) is 0 Å². The van der Waals surface area contributed by atoms with Gasteiger partial charge in [0.1, 0.15) is 13.2 Å². The smallest absolute Gasteiger partial charge is 0.305 e. The summed E-state index contributed by atoms with van der Waals surface area (Å²) in [5, 5.41) is 8.61. The highest BCUT2D eigenvalue weighted by atomic mass is 16.6. The van der Waals surface area contributed by atoms with Crippen molar-refractivity contribution in [1.29, 1.82) is 0 Å². The lowest BCUT2D eigenvalue weighted by Crippen LogP contribution is -2.12. The zero-order valence-electron chi connectivity index (χ0n) is 13.9. The summed E-state index contributed by atoms with van der Waals surface area (Å²) in [5.41, 5.74) is 0. The topological polar surface area (TPSA) is 99.1 Å². The number of aliphatic hydroxyl groups is 1. The van der Waals surface area contributed by atoms with Crippen LogP contribution in [0.3, 0.4) is 0 Å². The normalized spacial score (nSPS) is 10.2. The second-order valence-electron chi connectivity index (χ2n) is 5.13. The van der Waals surface area contributed by atoms with Crippen molar-refractivity contribution in [2.24, 2.45) is 0 Å². The van der Waals surface area contributed by atoms with Crippen LogP contribution < -0.4 is 0 Å². The molecule has 0 aliphatic rings. The number of carbonyl (C=O) groups is 3. The predicted octanol–water partition coefficient (Wildman–Crippen LogP) is 1.75. The maximum absolute atomic E-state index is 11.3. The van der Waals surface area contributed by atoms with Crippen molar-refractivity contribution in [2.75, 3.05) is 26.4 Å². The molecule has 0 fully saturated rings. The molecule has 0 atom stereocenters. The van der Waals surface area contributed by atoms with Crippen LogP contribution in [0.15, 0.2) is 0 Å². The van der Waals surface area contributed by atoms with Crippen molar-refractivity contribution in [3.05, 3.63) is 0 Å². The summed E-state index contributed by atoms with van der Waals surface area (Å²) < 4.78 is 14.6. The Labute approximate surface area is 137 Å². The van der Waals surface area contributed by atoms with E-state index >= 15 is 0 Å². The largest absolute Gasteiger partial charge is 0.466 e. The molecule has 0 aliphatic heterocycles. The number of carbonyl (C=O) groups excluding carboxylic acids is 3. The molecule has 0 rings (SSSR count). The maximum atomic E-state index is 11.3. The van der Waals surface area contributed by atoms with Crippen LogP contribution in [-0.4, -0.2) is 49.4 Å².